The third-order valence-electron chi connectivity index (χ3n) is 4.68. The zero-order valence-corrected chi connectivity index (χ0v) is 11.1. The highest BCUT2D eigenvalue weighted by Crippen LogP contribution is 2.46. The zero-order chi connectivity index (χ0) is 12.9. The Kier molecular flexibility index (Phi) is 2.36. The van der Waals surface area contributed by atoms with Crippen molar-refractivity contribution in [1.82, 2.24) is 4.90 Å². The Morgan fingerprint density at radius 2 is 2.42 bits per heavy atom. The number of aliphatic imine (C=N–C) groups is 1. The lowest BCUT2D eigenvalue weighted by atomic mass is 9.88. The van der Waals surface area contributed by atoms with Crippen LogP contribution in [-0.2, 0) is 16.7 Å². The van der Waals surface area contributed by atoms with E-state index in [0.717, 1.165) is 38.3 Å². The first-order valence-corrected chi connectivity index (χ1v) is 6.87. The number of aryl methyl sites for hydroxylation is 1. The summed E-state index contributed by atoms with van der Waals surface area (Å²) < 4.78 is 11.2. The van der Waals surface area contributed by atoms with Gasteiger partial charge in [-0.05, 0) is 36.1 Å². The van der Waals surface area contributed by atoms with Crippen LogP contribution in [0.5, 0.6) is 5.75 Å². The minimum Gasteiger partial charge on any atom is -0.497 e. The van der Waals surface area contributed by atoms with Crippen molar-refractivity contribution >= 4 is 6.34 Å². The molecule has 100 valence electrons. The van der Waals surface area contributed by atoms with Crippen LogP contribution in [0.25, 0.3) is 0 Å². The molecule has 2 unspecified atom stereocenters. The van der Waals surface area contributed by atoms with Gasteiger partial charge in [-0.25, -0.2) is 0 Å². The van der Waals surface area contributed by atoms with Crippen molar-refractivity contribution in [3.63, 3.8) is 0 Å². The van der Waals surface area contributed by atoms with E-state index in [4.69, 9.17) is 9.47 Å². The smallest absolute Gasteiger partial charge is 0.119 e. The number of methoxy groups -OCH3 is 1. The van der Waals surface area contributed by atoms with Crippen LogP contribution in [0, 0.1) is 0 Å². The first-order valence-electron chi connectivity index (χ1n) is 6.87. The molecule has 2 aliphatic heterocycles. The van der Waals surface area contributed by atoms with Crippen molar-refractivity contribution in [2.45, 2.75) is 24.4 Å². The third-order valence-corrected chi connectivity index (χ3v) is 4.68. The van der Waals surface area contributed by atoms with Crippen molar-refractivity contribution in [3.8, 4) is 5.75 Å². The van der Waals surface area contributed by atoms with Crippen molar-refractivity contribution in [1.29, 1.82) is 0 Å². The Labute approximate surface area is 113 Å². The van der Waals surface area contributed by atoms with Gasteiger partial charge in [0.1, 0.15) is 5.75 Å². The molecule has 4 rings (SSSR count). The highest BCUT2D eigenvalue weighted by molar-refractivity contribution is 5.62. The van der Waals surface area contributed by atoms with Gasteiger partial charge >= 0.3 is 0 Å². The lowest BCUT2D eigenvalue weighted by Gasteiger charge is -2.46. The molecular weight excluding hydrogens is 240 g/mol. The molecular formula is C15H18N2O2. The number of nitrogens with zero attached hydrogens (tertiary/aromatic N) is 2. The van der Waals surface area contributed by atoms with Gasteiger partial charge in [0.2, 0.25) is 0 Å². The Morgan fingerprint density at radius 1 is 1.47 bits per heavy atom. The van der Waals surface area contributed by atoms with Gasteiger partial charge in [0.25, 0.3) is 0 Å². The van der Waals surface area contributed by atoms with Crippen molar-refractivity contribution in [2.75, 3.05) is 26.9 Å². The molecule has 1 fully saturated rings. The average Bonchev–Trinajstić information content (AvgIpc) is 3.05. The lowest BCUT2D eigenvalue weighted by molar-refractivity contribution is -0.0602. The minimum atomic E-state index is 0.00449. The molecule has 1 aromatic carbocycles. The fourth-order valence-corrected chi connectivity index (χ4v) is 3.72. The van der Waals surface area contributed by atoms with E-state index in [-0.39, 0.29) is 5.54 Å². The second kappa shape index (κ2) is 3.97. The van der Waals surface area contributed by atoms with E-state index in [1.807, 2.05) is 6.34 Å². The predicted molar refractivity (Wildman–Crippen MR) is 72.8 cm³/mol. The molecule has 0 aromatic heterocycles. The minimum absolute atomic E-state index is 0.00449. The van der Waals surface area contributed by atoms with Gasteiger partial charge in [-0.3, -0.25) is 4.99 Å². The molecule has 0 saturated carbocycles. The van der Waals surface area contributed by atoms with Gasteiger partial charge in [0.05, 0.1) is 44.8 Å². The first kappa shape index (κ1) is 11.3. The lowest BCUT2D eigenvalue weighted by Crippen LogP contribution is -2.56. The molecule has 3 aliphatic rings. The molecule has 1 aromatic rings. The highest BCUT2D eigenvalue weighted by Gasteiger charge is 2.49. The third kappa shape index (κ3) is 1.46. The topological polar surface area (TPSA) is 34.1 Å². The molecule has 1 spiro atoms. The maximum atomic E-state index is 5.88. The average molecular weight is 258 g/mol. The van der Waals surface area contributed by atoms with Crippen LogP contribution in [-0.4, -0.2) is 44.1 Å². The fourth-order valence-electron chi connectivity index (χ4n) is 3.72. The molecule has 1 aliphatic carbocycles. The van der Waals surface area contributed by atoms with Crippen molar-refractivity contribution in [3.05, 3.63) is 29.3 Å². The van der Waals surface area contributed by atoms with Crippen LogP contribution < -0.4 is 4.74 Å². The Hall–Kier alpha value is -1.55. The number of hydrogen-bond donors (Lipinski definition) is 0. The van der Waals surface area contributed by atoms with Crippen molar-refractivity contribution < 1.29 is 9.47 Å². The monoisotopic (exact) mass is 258 g/mol. The van der Waals surface area contributed by atoms with E-state index < -0.39 is 0 Å². The molecule has 4 heteroatoms. The van der Waals surface area contributed by atoms with Gasteiger partial charge in [-0.2, -0.15) is 0 Å². The molecule has 0 radical (unpaired) electrons. The summed E-state index contributed by atoms with van der Waals surface area (Å²) in [7, 11) is 1.72. The summed E-state index contributed by atoms with van der Waals surface area (Å²) in [6.45, 7) is 2.44. The molecule has 4 nitrogen and oxygen atoms in total. The fraction of sp³-hybridized carbons (Fsp3) is 0.533. The summed E-state index contributed by atoms with van der Waals surface area (Å²) in [5.41, 5.74) is 2.79. The Balaban J connectivity index is 1.79. The highest BCUT2D eigenvalue weighted by atomic mass is 16.5. The van der Waals surface area contributed by atoms with Gasteiger partial charge in [0.15, 0.2) is 0 Å². The van der Waals surface area contributed by atoms with Crippen LogP contribution in [0.2, 0.25) is 0 Å². The molecule has 2 atom stereocenters. The second-order valence-corrected chi connectivity index (χ2v) is 5.61. The zero-order valence-electron chi connectivity index (χ0n) is 11.1. The molecule has 0 amide bonds. The number of benzene rings is 1. The molecule has 0 bridgehead atoms. The molecule has 2 heterocycles. The number of ether oxygens (including phenoxy) is 2. The summed E-state index contributed by atoms with van der Waals surface area (Å²) in [5, 5.41) is 0. The summed E-state index contributed by atoms with van der Waals surface area (Å²) in [6, 6.07) is 6.85. The number of morpholine rings is 1. The summed E-state index contributed by atoms with van der Waals surface area (Å²) in [4.78, 5) is 6.89. The van der Waals surface area contributed by atoms with Crippen molar-refractivity contribution in [2.24, 2.45) is 4.99 Å². The number of fused-ring (bicyclic) bond motifs is 4. The van der Waals surface area contributed by atoms with E-state index in [9.17, 15) is 0 Å². The van der Waals surface area contributed by atoms with E-state index in [1.54, 1.807) is 7.11 Å². The largest absolute Gasteiger partial charge is 0.497 e. The summed E-state index contributed by atoms with van der Waals surface area (Å²) in [5.74, 6) is 0.944. The van der Waals surface area contributed by atoms with Crippen LogP contribution in [0.1, 0.15) is 17.5 Å². The van der Waals surface area contributed by atoms with Crippen LogP contribution in [0.15, 0.2) is 23.2 Å². The van der Waals surface area contributed by atoms with Crippen LogP contribution in [0.4, 0.5) is 0 Å². The molecule has 0 N–H and O–H groups in total. The first-order chi connectivity index (χ1) is 9.33. The van der Waals surface area contributed by atoms with Gasteiger partial charge in [0, 0.05) is 0 Å². The van der Waals surface area contributed by atoms with Crippen LogP contribution >= 0.6 is 0 Å². The quantitative estimate of drug-likeness (QED) is 0.767. The standard InChI is InChI=1S/C15H18N2O2/c1-18-13-2-3-14-11(6-13)4-5-15(14)9-19-8-12-7-16-10-17(12)15/h2-3,6,10,12H,4-5,7-9H2,1H3. The second-order valence-electron chi connectivity index (χ2n) is 5.61. The van der Waals surface area contributed by atoms with E-state index in [2.05, 4.69) is 28.1 Å². The SMILES string of the molecule is COc1ccc2c(c1)CCC21COCC2CN=CN21. The van der Waals surface area contributed by atoms with Gasteiger partial charge in [-0.1, -0.05) is 6.07 Å². The summed E-state index contributed by atoms with van der Waals surface area (Å²) >= 11 is 0. The predicted octanol–water partition coefficient (Wildman–Crippen LogP) is 1.58. The van der Waals surface area contributed by atoms with E-state index in [1.165, 1.54) is 11.1 Å². The Morgan fingerprint density at radius 3 is 3.32 bits per heavy atom. The molecule has 19 heavy (non-hydrogen) atoms. The maximum Gasteiger partial charge on any atom is 0.119 e. The number of rotatable bonds is 1. The maximum absolute atomic E-state index is 5.88. The normalized spacial score (nSPS) is 31.6. The number of hydrogen-bond acceptors (Lipinski definition) is 4. The van der Waals surface area contributed by atoms with E-state index >= 15 is 0 Å². The van der Waals surface area contributed by atoms with Gasteiger partial charge < -0.3 is 14.4 Å². The summed E-state index contributed by atoms with van der Waals surface area (Å²) in [6.07, 6.45) is 4.23. The van der Waals surface area contributed by atoms with Crippen LogP contribution in [0.3, 0.4) is 0 Å². The molecule has 1 saturated heterocycles. The van der Waals surface area contributed by atoms with E-state index in [0.29, 0.717) is 6.04 Å². The van der Waals surface area contributed by atoms with Gasteiger partial charge in [-0.15, -0.1) is 0 Å². The Bertz CT molecular complexity index is 543.